The van der Waals surface area contributed by atoms with Crippen molar-refractivity contribution < 1.29 is 27.5 Å². The molecule has 2 aliphatic carbocycles. The third-order valence-electron chi connectivity index (χ3n) is 10.7. The van der Waals surface area contributed by atoms with Gasteiger partial charge in [0.1, 0.15) is 24.1 Å². The van der Waals surface area contributed by atoms with E-state index in [0.717, 1.165) is 26.2 Å². The van der Waals surface area contributed by atoms with Crippen LogP contribution in [0, 0.1) is 17.8 Å². The summed E-state index contributed by atoms with van der Waals surface area (Å²) in [7, 11) is 0. The second-order valence-corrected chi connectivity index (χ2v) is 13.6. The molecule has 0 spiro atoms. The molecule has 246 valence electrons. The molecule has 9 atom stereocenters. The fourth-order valence-corrected chi connectivity index (χ4v) is 8.52. The minimum absolute atomic E-state index is 0.0762. The summed E-state index contributed by atoms with van der Waals surface area (Å²) in [4.78, 5) is 32.6. The number of fused-ring (bicyclic) bond motifs is 2. The van der Waals surface area contributed by atoms with Crippen LogP contribution < -0.4 is 5.32 Å². The largest absolute Gasteiger partial charge is 0.462 e. The van der Waals surface area contributed by atoms with Crippen molar-refractivity contribution in [3.8, 4) is 0 Å². The Kier molecular flexibility index (Phi) is 8.96. The predicted octanol–water partition coefficient (Wildman–Crippen LogP) is 4.78. The molecule has 2 saturated carbocycles. The molecule has 10 heteroatoms. The smallest absolute Gasteiger partial charge is 0.343 e. The Hall–Kier alpha value is -3.21. The highest BCUT2D eigenvalue weighted by Gasteiger charge is 2.61. The first-order valence-electron chi connectivity index (χ1n) is 16.8. The van der Waals surface area contributed by atoms with Gasteiger partial charge in [-0.3, -0.25) is 19.9 Å². The Balaban J connectivity index is 1.08. The number of hydrogen-bond acceptors (Lipinski definition) is 7. The SMILES string of the molecule is CCOC(=O)C1=CN(C2CCC(F)CC2F)C2NC(N3CC4C(C3)C4N(Cc3ccccc3)Cc3ccccc3)C(F)CC2C1=O. The number of Topliss-reactive ketones (excluding diaryl/α,β-unsaturated/α-hetero) is 1. The van der Waals surface area contributed by atoms with Gasteiger partial charge in [-0.1, -0.05) is 60.7 Å². The normalized spacial score (nSPS) is 35.8. The summed E-state index contributed by atoms with van der Waals surface area (Å²) in [5, 5.41) is 3.40. The molecule has 2 aromatic carbocycles. The van der Waals surface area contributed by atoms with E-state index in [9.17, 15) is 14.0 Å². The van der Waals surface area contributed by atoms with E-state index in [2.05, 4.69) is 63.6 Å². The molecule has 0 radical (unpaired) electrons. The lowest BCUT2D eigenvalue weighted by atomic mass is 9.80. The van der Waals surface area contributed by atoms with Crippen LogP contribution in [0.2, 0.25) is 0 Å². The van der Waals surface area contributed by atoms with Gasteiger partial charge in [-0.15, -0.1) is 0 Å². The third kappa shape index (κ3) is 6.11. The summed E-state index contributed by atoms with van der Waals surface area (Å²) in [6.45, 7) is 4.84. The van der Waals surface area contributed by atoms with E-state index >= 15 is 8.78 Å². The molecule has 2 saturated heterocycles. The molecule has 0 aromatic heterocycles. The van der Waals surface area contributed by atoms with Crippen molar-refractivity contribution in [2.45, 2.75) is 88.6 Å². The molecule has 7 rings (SSSR count). The number of esters is 1. The first-order chi connectivity index (χ1) is 22.3. The van der Waals surface area contributed by atoms with Crippen molar-refractivity contribution in [1.29, 1.82) is 0 Å². The number of nitrogens with one attached hydrogen (secondary N) is 1. The van der Waals surface area contributed by atoms with Gasteiger partial charge in [-0.25, -0.2) is 18.0 Å². The minimum atomic E-state index is -1.47. The van der Waals surface area contributed by atoms with E-state index in [1.165, 1.54) is 17.3 Å². The maximum atomic E-state index is 16.0. The Morgan fingerprint density at radius 1 is 0.891 bits per heavy atom. The lowest BCUT2D eigenvalue weighted by molar-refractivity contribution is -0.144. The Morgan fingerprint density at radius 2 is 1.52 bits per heavy atom. The van der Waals surface area contributed by atoms with Crippen molar-refractivity contribution in [3.63, 3.8) is 0 Å². The first kappa shape index (κ1) is 31.4. The number of nitrogens with zero attached hydrogens (tertiary/aromatic N) is 3. The zero-order valence-corrected chi connectivity index (χ0v) is 26.2. The highest BCUT2D eigenvalue weighted by Crippen LogP contribution is 2.51. The standard InChI is InChI=1S/C36H43F3N4O3/c1-2-46-36(45)28-21-43(31-14-13-24(37)15-29(31)38)34-25(33(28)44)16-30(39)35(40-34)42-19-26-27(20-42)32(26)41(17-22-9-5-3-6-10-22)18-23-11-7-4-8-12-23/h3-12,21,24-27,29-32,34-35,40H,2,13-20H2,1H3. The monoisotopic (exact) mass is 636 g/mol. The summed E-state index contributed by atoms with van der Waals surface area (Å²) in [5.41, 5.74) is 2.33. The van der Waals surface area contributed by atoms with Crippen molar-refractivity contribution in [3.05, 3.63) is 83.6 Å². The molecule has 3 aliphatic heterocycles. The highest BCUT2D eigenvalue weighted by atomic mass is 19.1. The molecular weight excluding hydrogens is 593 g/mol. The highest BCUT2D eigenvalue weighted by molar-refractivity contribution is 6.18. The van der Waals surface area contributed by atoms with Gasteiger partial charge in [0.25, 0.3) is 0 Å². The number of rotatable bonds is 9. The Morgan fingerprint density at radius 3 is 2.11 bits per heavy atom. The van der Waals surface area contributed by atoms with Crippen LogP contribution in [0.15, 0.2) is 72.4 Å². The molecule has 5 aliphatic rings. The molecule has 9 unspecified atom stereocenters. The van der Waals surface area contributed by atoms with Crippen molar-refractivity contribution in [1.82, 2.24) is 20.0 Å². The molecule has 46 heavy (non-hydrogen) atoms. The summed E-state index contributed by atoms with van der Waals surface area (Å²) in [5.74, 6) is -1.35. The van der Waals surface area contributed by atoms with E-state index < -0.39 is 54.6 Å². The topological polar surface area (TPSA) is 65.1 Å². The lowest BCUT2D eigenvalue weighted by Crippen LogP contribution is -2.69. The summed E-state index contributed by atoms with van der Waals surface area (Å²) in [6, 6.07) is 20.6. The zero-order chi connectivity index (χ0) is 31.9. The maximum Gasteiger partial charge on any atom is 0.343 e. The summed E-state index contributed by atoms with van der Waals surface area (Å²) in [6.07, 6.45) is -3.86. The number of benzene rings is 2. The fourth-order valence-electron chi connectivity index (χ4n) is 8.52. The van der Waals surface area contributed by atoms with E-state index in [1.807, 2.05) is 12.1 Å². The summed E-state index contributed by atoms with van der Waals surface area (Å²) < 4.78 is 50.6. The van der Waals surface area contributed by atoms with Crippen LogP contribution in [0.5, 0.6) is 0 Å². The number of alkyl halides is 3. The third-order valence-corrected chi connectivity index (χ3v) is 10.7. The second kappa shape index (κ2) is 13.1. The number of likely N-dealkylation sites (tertiary alicyclic amines) is 1. The van der Waals surface area contributed by atoms with Gasteiger partial charge < -0.3 is 9.64 Å². The van der Waals surface area contributed by atoms with Gasteiger partial charge in [0, 0.05) is 44.8 Å². The van der Waals surface area contributed by atoms with Crippen LogP contribution in [-0.4, -0.2) is 89.1 Å². The number of halogens is 3. The van der Waals surface area contributed by atoms with E-state index in [1.54, 1.807) is 11.8 Å². The molecule has 2 aromatic rings. The van der Waals surface area contributed by atoms with Gasteiger partial charge >= 0.3 is 5.97 Å². The van der Waals surface area contributed by atoms with Crippen LogP contribution >= 0.6 is 0 Å². The van der Waals surface area contributed by atoms with Crippen molar-refractivity contribution in [2.24, 2.45) is 17.8 Å². The average molecular weight is 637 g/mol. The molecule has 7 nitrogen and oxygen atoms in total. The molecule has 3 heterocycles. The lowest BCUT2D eigenvalue weighted by Gasteiger charge is -2.52. The Bertz CT molecular complexity index is 1380. The summed E-state index contributed by atoms with van der Waals surface area (Å²) >= 11 is 0. The van der Waals surface area contributed by atoms with Gasteiger partial charge in [0.05, 0.1) is 30.9 Å². The molecular formula is C36H43F3N4O3. The molecule has 0 bridgehead atoms. The van der Waals surface area contributed by atoms with Crippen molar-refractivity contribution in [2.75, 3.05) is 19.7 Å². The van der Waals surface area contributed by atoms with Crippen LogP contribution in [0.4, 0.5) is 13.2 Å². The van der Waals surface area contributed by atoms with Gasteiger partial charge in [0.15, 0.2) is 5.78 Å². The number of carbonyl (C=O) groups excluding carboxylic acids is 2. The van der Waals surface area contributed by atoms with Crippen LogP contribution in [0.25, 0.3) is 0 Å². The van der Waals surface area contributed by atoms with E-state index in [-0.39, 0.29) is 37.9 Å². The minimum Gasteiger partial charge on any atom is -0.462 e. The van der Waals surface area contributed by atoms with Crippen LogP contribution in [0.3, 0.4) is 0 Å². The number of hydrogen-bond donors (Lipinski definition) is 1. The maximum absolute atomic E-state index is 16.0. The quantitative estimate of drug-likeness (QED) is 0.314. The number of ether oxygens (including phenoxy) is 1. The van der Waals surface area contributed by atoms with Crippen LogP contribution in [-0.2, 0) is 27.4 Å². The predicted molar refractivity (Wildman–Crippen MR) is 167 cm³/mol. The fraction of sp³-hybridized carbons (Fsp3) is 0.556. The number of piperidine rings is 2. The van der Waals surface area contributed by atoms with E-state index in [0.29, 0.717) is 17.9 Å². The van der Waals surface area contributed by atoms with Crippen LogP contribution in [0.1, 0.15) is 43.7 Å². The number of carbonyl (C=O) groups is 2. The van der Waals surface area contributed by atoms with E-state index in [4.69, 9.17) is 4.74 Å². The van der Waals surface area contributed by atoms with Gasteiger partial charge in [0.2, 0.25) is 0 Å². The molecule has 1 N–H and O–H groups in total. The zero-order valence-electron chi connectivity index (χ0n) is 26.2. The Labute approximate surface area is 268 Å². The first-order valence-corrected chi connectivity index (χ1v) is 16.8. The van der Waals surface area contributed by atoms with Gasteiger partial charge in [-0.05, 0) is 49.1 Å². The average Bonchev–Trinajstić information content (AvgIpc) is 3.55. The van der Waals surface area contributed by atoms with Crippen molar-refractivity contribution >= 4 is 11.8 Å². The van der Waals surface area contributed by atoms with Gasteiger partial charge in [-0.2, -0.15) is 0 Å². The molecule has 4 fully saturated rings. The molecule has 0 amide bonds. The second-order valence-electron chi connectivity index (χ2n) is 13.6. The number of ketones is 1.